The third-order valence-corrected chi connectivity index (χ3v) is 3.52. The SMILES string of the molecule is CSc1ccccc1CN(C)CCNC(C)C. The highest BCUT2D eigenvalue weighted by Crippen LogP contribution is 2.20. The van der Waals surface area contributed by atoms with Crippen molar-refractivity contribution in [2.24, 2.45) is 0 Å². The van der Waals surface area contributed by atoms with Crippen LogP contribution in [0.4, 0.5) is 0 Å². The lowest BCUT2D eigenvalue weighted by Crippen LogP contribution is -2.32. The Bertz CT molecular complexity index is 326. The topological polar surface area (TPSA) is 15.3 Å². The van der Waals surface area contributed by atoms with Crippen LogP contribution in [0.1, 0.15) is 19.4 Å². The zero-order valence-electron chi connectivity index (χ0n) is 11.4. The molecule has 0 aliphatic heterocycles. The molecule has 0 spiro atoms. The highest BCUT2D eigenvalue weighted by Gasteiger charge is 2.04. The predicted octanol–water partition coefficient (Wildman–Crippen LogP) is 2.84. The Labute approximate surface area is 110 Å². The van der Waals surface area contributed by atoms with E-state index in [-0.39, 0.29) is 0 Å². The van der Waals surface area contributed by atoms with Crippen molar-refractivity contribution in [2.75, 3.05) is 26.4 Å². The first-order chi connectivity index (χ1) is 8.13. The molecule has 0 saturated heterocycles. The van der Waals surface area contributed by atoms with Crippen LogP contribution in [-0.4, -0.2) is 37.3 Å². The fourth-order valence-corrected chi connectivity index (χ4v) is 2.36. The summed E-state index contributed by atoms with van der Waals surface area (Å²) in [6.07, 6.45) is 2.14. The molecule has 3 heteroatoms. The van der Waals surface area contributed by atoms with E-state index in [9.17, 15) is 0 Å². The molecule has 0 unspecified atom stereocenters. The van der Waals surface area contributed by atoms with E-state index in [1.165, 1.54) is 10.5 Å². The van der Waals surface area contributed by atoms with Gasteiger partial charge in [-0.3, -0.25) is 0 Å². The smallest absolute Gasteiger partial charge is 0.0242 e. The van der Waals surface area contributed by atoms with E-state index < -0.39 is 0 Å². The second kappa shape index (κ2) is 7.75. The molecule has 0 aliphatic rings. The molecule has 17 heavy (non-hydrogen) atoms. The van der Waals surface area contributed by atoms with Crippen LogP contribution in [0.5, 0.6) is 0 Å². The molecule has 0 heterocycles. The lowest BCUT2D eigenvalue weighted by atomic mass is 10.2. The van der Waals surface area contributed by atoms with Crippen molar-refractivity contribution in [2.45, 2.75) is 31.3 Å². The van der Waals surface area contributed by atoms with Crippen molar-refractivity contribution < 1.29 is 0 Å². The molecule has 0 aliphatic carbocycles. The zero-order valence-corrected chi connectivity index (χ0v) is 12.2. The summed E-state index contributed by atoms with van der Waals surface area (Å²) in [4.78, 5) is 3.75. The van der Waals surface area contributed by atoms with E-state index in [1.807, 2.05) is 11.8 Å². The van der Waals surface area contributed by atoms with Crippen molar-refractivity contribution >= 4 is 11.8 Å². The monoisotopic (exact) mass is 252 g/mol. The van der Waals surface area contributed by atoms with Crippen LogP contribution in [0, 0.1) is 0 Å². The highest BCUT2D eigenvalue weighted by atomic mass is 32.2. The molecule has 1 aromatic rings. The molecule has 2 nitrogen and oxygen atoms in total. The van der Waals surface area contributed by atoms with Gasteiger partial charge in [0.05, 0.1) is 0 Å². The maximum absolute atomic E-state index is 3.44. The van der Waals surface area contributed by atoms with Gasteiger partial charge in [0.2, 0.25) is 0 Å². The van der Waals surface area contributed by atoms with Crippen LogP contribution in [0.2, 0.25) is 0 Å². The maximum atomic E-state index is 3.44. The average Bonchev–Trinajstić information content (AvgIpc) is 2.29. The molecule has 1 N–H and O–H groups in total. The standard InChI is InChI=1S/C14H24N2S/c1-12(2)15-9-10-16(3)11-13-7-5-6-8-14(13)17-4/h5-8,12,15H,9-11H2,1-4H3. The molecule has 96 valence electrons. The fourth-order valence-electron chi connectivity index (χ4n) is 1.75. The molecule has 0 atom stereocenters. The number of nitrogens with zero attached hydrogens (tertiary/aromatic N) is 1. The van der Waals surface area contributed by atoms with Gasteiger partial charge in [-0.15, -0.1) is 11.8 Å². The van der Waals surface area contributed by atoms with E-state index in [4.69, 9.17) is 0 Å². The minimum absolute atomic E-state index is 0.571. The van der Waals surface area contributed by atoms with Gasteiger partial charge >= 0.3 is 0 Å². The third-order valence-electron chi connectivity index (χ3n) is 2.68. The largest absolute Gasteiger partial charge is 0.313 e. The first-order valence-corrected chi connectivity index (χ1v) is 7.39. The van der Waals surface area contributed by atoms with E-state index in [2.05, 4.69) is 61.6 Å². The average molecular weight is 252 g/mol. The van der Waals surface area contributed by atoms with Gasteiger partial charge in [0.25, 0.3) is 0 Å². The van der Waals surface area contributed by atoms with Gasteiger partial charge in [-0.2, -0.15) is 0 Å². The van der Waals surface area contributed by atoms with E-state index in [1.54, 1.807) is 0 Å². The highest BCUT2D eigenvalue weighted by molar-refractivity contribution is 7.98. The van der Waals surface area contributed by atoms with Crippen molar-refractivity contribution in [1.82, 2.24) is 10.2 Å². The van der Waals surface area contributed by atoms with E-state index in [0.29, 0.717) is 6.04 Å². The fraction of sp³-hybridized carbons (Fsp3) is 0.571. The molecule has 0 amide bonds. The summed E-state index contributed by atoms with van der Waals surface area (Å²) in [7, 11) is 2.18. The van der Waals surface area contributed by atoms with Crippen LogP contribution < -0.4 is 5.32 Å². The number of thioether (sulfide) groups is 1. The number of rotatable bonds is 7. The molecular formula is C14H24N2S. The molecule has 1 aromatic carbocycles. The van der Waals surface area contributed by atoms with Gasteiger partial charge < -0.3 is 10.2 Å². The van der Waals surface area contributed by atoms with Crippen LogP contribution in [0.15, 0.2) is 29.2 Å². The molecule has 0 radical (unpaired) electrons. The Kier molecular flexibility index (Phi) is 6.63. The van der Waals surface area contributed by atoms with Crippen LogP contribution in [-0.2, 0) is 6.54 Å². The number of hydrogen-bond donors (Lipinski definition) is 1. The summed E-state index contributed by atoms with van der Waals surface area (Å²) in [5.41, 5.74) is 1.42. The maximum Gasteiger partial charge on any atom is 0.0242 e. The van der Waals surface area contributed by atoms with Crippen LogP contribution in [0.25, 0.3) is 0 Å². The Balaban J connectivity index is 2.41. The Morgan fingerprint density at radius 1 is 1.29 bits per heavy atom. The number of likely N-dealkylation sites (N-methyl/N-ethyl adjacent to an activating group) is 1. The molecule has 0 saturated carbocycles. The second-order valence-electron chi connectivity index (χ2n) is 4.66. The minimum Gasteiger partial charge on any atom is -0.313 e. The summed E-state index contributed by atoms with van der Waals surface area (Å²) in [5, 5.41) is 3.44. The molecule has 0 bridgehead atoms. The Morgan fingerprint density at radius 3 is 2.65 bits per heavy atom. The van der Waals surface area contributed by atoms with E-state index >= 15 is 0 Å². The zero-order chi connectivity index (χ0) is 12.7. The van der Waals surface area contributed by atoms with Crippen molar-refractivity contribution in [1.29, 1.82) is 0 Å². The second-order valence-corrected chi connectivity index (χ2v) is 5.51. The lowest BCUT2D eigenvalue weighted by Gasteiger charge is -2.19. The predicted molar refractivity (Wildman–Crippen MR) is 77.7 cm³/mol. The summed E-state index contributed by atoms with van der Waals surface area (Å²) in [6, 6.07) is 9.21. The Hall–Kier alpha value is -0.510. The number of nitrogens with one attached hydrogen (secondary N) is 1. The molecule has 0 aromatic heterocycles. The lowest BCUT2D eigenvalue weighted by molar-refractivity contribution is 0.318. The summed E-state index contributed by atoms with van der Waals surface area (Å²) >= 11 is 1.82. The van der Waals surface area contributed by atoms with Crippen LogP contribution >= 0.6 is 11.8 Å². The van der Waals surface area contributed by atoms with Crippen molar-refractivity contribution in [3.63, 3.8) is 0 Å². The van der Waals surface area contributed by atoms with E-state index in [0.717, 1.165) is 19.6 Å². The normalized spacial score (nSPS) is 11.4. The van der Waals surface area contributed by atoms with Crippen LogP contribution in [0.3, 0.4) is 0 Å². The van der Waals surface area contributed by atoms with Gasteiger partial charge in [-0.25, -0.2) is 0 Å². The number of benzene rings is 1. The summed E-state index contributed by atoms with van der Waals surface area (Å²) < 4.78 is 0. The molecular weight excluding hydrogens is 228 g/mol. The van der Waals surface area contributed by atoms with Gasteiger partial charge in [0.15, 0.2) is 0 Å². The van der Waals surface area contributed by atoms with Gasteiger partial charge in [0.1, 0.15) is 0 Å². The van der Waals surface area contributed by atoms with Crippen molar-refractivity contribution in [3.8, 4) is 0 Å². The third kappa shape index (κ3) is 5.57. The molecule has 1 rings (SSSR count). The first kappa shape index (κ1) is 14.6. The van der Waals surface area contributed by atoms with Gasteiger partial charge in [-0.05, 0) is 24.9 Å². The summed E-state index contributed by atoms with van der Waals surface area (Å²) in [5.74, 6) is 0. The minimum atomic E-state index is 0.571. The molecule has 0 fully saturated rings. The Morgan fingerprint density at radius 2 is 2.00 bits per heavy atom. The van der Waals surface area contributed by atoms with Gasteiger partial charge in [0, 0.05) is 30.6 Å². The van der Waals surface area contributed by atoms with Crippen molar-refractivity contribution in [3.05, 3.63) is 29.8 Å². The first-order valence-electron chi connectivity index (χ1n) is 6.17. The number of hydrogen-bond acceptors (Lipinski definition) is 3. The quantitative estimate of drug-likeness (QED) is 0.751. The van der Waals surface area contributed by atoms with Gasteiger partial charge in [-0.1, -0.05) is 32.0 Å². The summed E-state index contributed by atoms with van der Waals surface area (Å²) in [6.45, 7) is 7.53.